The topological polar surface area (TPSA) is 58.4 Å². The predicted molar refractivity (Wildman–Crippen MR) is 118 cm³/mol. The zero-order chi connectivity index (χ0) is 21.7. The summed E-state index contributed by atoms with van der Waals surface area (Å²) >= 11 is 0. The van der Waals surface area contributed by atoms with Gasteiger partial charge < -0.3 is 9.80 Å². The van der Waals surface area contributed by atoms with E-state index in [4.69, 9.17) is 0 Å². The largest absolute Gasteiger partial charge is 0.337 e. The Morgan fingerprint density at radius 3 is 2.45 bits per heavy atom. The summed E-state index contributed by atoms with van der Waals surface area (Å²) in [5.74, 6) is 0.0348. The van der Waals surface area contributed by atoms with E-state index in [1.165, 1.54) is 0 Å². The van der Waals surface area contributed by atoms with Crippen molar-refractivity contribution in [1.82, 2.24) is 19.6 Å². The van der Waals surface area contributed by atoms with Crippen LogP contribution in [0.2, 0.25) is 0 Å². The zero-order valence-corrected chi connectivity index (χ0v) is 18.1. The number of nitrogens with zero attached hydrogens (tertiary/aromatic N) is 4. The van der Waals surface area contributed by atoms with Crippen LogP contribution in [0, 0.1) is 13.8 Å². The molecule has 0 bridgehead atoms. The minimum Gasteiger partial charge on any atom is -0.337 e. The molecular formula is C25H26N4O2. The van der Waals surface area contributed by atoms with Crippen LogP contribution in [0.25, 0.3) is 5.69 Å². The Bertz CT molecular complexity index is 1150. The molecule has 1 fully saturated rings. The summed E-state index contributed by atoms with van der Waals surface area (Å²) < 4.78 is 1.77. The fourth-order valence-corrected chi connectivity index (χ4v) is 4.95. The second-order valence-electron chi connectivity index (χ2n) is 8.54. The lowest BCUT2D eigenvalue weighted by atomic mass is 10.1. The molecule has 31 heavy (non-hydrogen) atoms. The SMILES string of the molecule is Cc1ccc(C(=O)N2CCC(N3C(=O)c4c(c(C)nn4-c4ccccc4)C3C)C2)cc1. The predicted octanol–water partition coefficient (Wildman–Crippen LogP) is 3.92. The molecule has 6 heteroatoms. The van der Waals surface area contributed by atoms with Crippen molar-refractivity contribution in [2.24, 2.45) is 0 Å². The molecule has 158 valence electrons. The van der Waals surface area contributed by atoms with Crippen LogP contribution in [0.15, 0.2) is 54.6 Å². The monoisotopic (exact) mass is 414 g/mol. The number of carbonyl (C=O) groups is 2. The second kappa shape index (κ2) is 7.38. The van der Waals surface area contributed by atoms with Crippen molar-refractivity contribution in [3.05, 3.63) is 82.7 Å². The molecule has 1 saturated heterocycles. The van der Waals surface area contributed by atoms with Crippen molar-refractivity contribution in [3.63, 3.8) is 0 Å². The van der Waals surface area contributed by atoms with Crippen molar-refractivity contribution < 1.29 is 9.59 Å². The van der Waals surface area contributed by atoms with Crippen molar-refractivity contribution in [1.29, 1.82) is 0 Å². The summed E-state index contributed by atoms with van der Waals surface area (Å²) in [6.45, 7) is 7.27. The van der Waals surface area contributed by atoms with Crippen molar-refractivity contribution >= 4 is 11.8 Å². The van der Waals surface area contributed by atoms with Gasteiger partial charge in [-0.2, -0.15) is 5.10 Å². The van der Waals surface area contributed by atoms with Gasteiger partial charge in [0.25, 0.3) is 11.8 Å². The number of likely N-dealkylation sites (tertiary alicyclic amines) is 1. The molecule has 0 spiro atoms. The highest BCUT2D eigenvalue weighted by Crippen LogP contribution is 2.39. The number of para-hydroxylation sites is 1. The van der Waals surface area contributed by atoms with E-state index in [-0.39, 0.29) is 23.9 Å². The number of hydrogen-bond acceptors (Lipinski definition) is 3. The number of hydrogen-bond donors (Lipinski definition) is 0. The number of benzene rings is 2. The molecule has 5 rings (SSSR count). The van der Waals surface area contributed by atoms with Gasteiger partial charge in [0, 0.05) is 24.2 Å². The molecule has 2 amide bonds. The van der Waals surface area contributed by atoms with Gasteiger partial charge in [0.05, 0.1) is 23.5 Å². The van der Waals surface area contributed by atoms with Gasteiger partial charge in [-0.25, -0.2) is 4.68 Å². The van der Waals surface area contributed by atoms with Crippen LogP contribution in [0.1, 0.15) is 57.1 Å². The quantitative estimate of drug-likeness (QED) is 0.653. The molecule has 3 aromatic rings. The van der Waals surface area contributed by atoms with E-state index >= 15 is 0 Å². The maximum atomic E-state index is 13.5. The third-order valence-corrected chi connectivity index (χ3v) is 6.52. The Labute approximate surface area is 182 Å². The maximum absolute atomic E-state index is 13.5. The molecule has 0 saturated carbocycles. The fraction of sp³-hybridized carbons (Fsp3) is 0.320. The summed E-state index contributed by atoms with van der Waals surface area (Å²) in [4.78, 5) is 30.3. The standard InChI is InChI=1S/C25H26N4O2/c1-16-9-11-19(12-10-16)24(30)27-14-13-21(15-27)28-18(3)22-17(2)26-29(23(22)25(28)31)20-7-5-4-6-8-20/h4-12,18,21H,13-15H2,1-3H3. The second-order valence-corrected chi connectivity index (χ2v) is 8.54. The van der Waals surface area contributed by atoms with Crippen LogP contribution >= 0.6 is 0 Å². The van der Waals surface area contributed by atoms with Crippen LogP contribution in [0.5, 0.6) is 0 Å². The van der Waals surface area contributed by atoms with E-state index in [1.807, 2.05) is 78.2 Å². The summed E-state index contributed by atoms with van der Waals surface area (Å²) in [6, 6.07) is 17.4. The van der Waals surface area contributed by atoms with Crippen LogP contribution in [0.3, 0.4) is 0 Å². The van der Waals surface area contributed by atoms with Crippen molar-refractivity contribution in [2.75, 3.05) is 13.1 Å². The number of carbonyl (C=O) groups excluding carboxylic acids is 2. The van der Waals surface area contributed by atoms with Crippen LogP contribution in [0.4, 0.5) is 0 Å². The molecule has 2 atom stereocenters. The van der Waals surface area contributed by atoms with Crippen LogP contribution < -0.4 is 0 Å². The molecule has 0 radical (unpaired) electrons. The van der Waals surface area contributed by atoms with Gasteiger partial charge >= 0.3 is 0 Å². The third kappa shape index (κ3) is 3.14. The van der Waals surface area contributed by atoms with Gasteiger partial charge in [-0.05, 0) is 51.5 Å². The number of aromatic nitrogens is 2. The average molecular weight is 415 g/mol. The molecular weight excluding hydrogens is 388 g/mol. The summed E-state index contributed by atoms with van der Waals surface area (Å²) in [7, 11) is 0. The summed E-state index contributed by atoms with van der Waals surface area (Å²) in [5.41, 5.74) is 5.25. The van der Waals surface area contributed by atoms with E-state index in [2.05, 4.69) is 12.0 Å². The Morgan fingerprint density at radius 2 is 1.74 bits per heavy atom. The first kappa shape index (κ1) is 19.5. The first-order valence-electron chi connectivity index (χ1n) is 10.8. The minimum atomic E-state index is -0.0561. The molecule has 0 aliphatic carbocycles. The average Bonchev–Trinajstić information content (AvgIpc) is 3.45. The van der Waals surface area contributed by atoms with E-state index in [0.29, 0.717) is 24.3 Å². The van der Waals surface area contributed by atoms with Gasteiger partial charge in [-0.1, -0.05) is 35.9 Å². The van der Waals surface area contributed by atoms with Crippen molar-refractivity contribution in [2.45, 2.75) is 39.3 Å². The van der Waals surface area contributed by atoms with E-state index in [0.717, 1.165) is 28.9 Å². The zero-order valence-electron chi connectivity index (χ0n) is 18.1. The Balaban J connectivity index is 1.40. The third-order valence-electron chi connectivity index (χ3n) is 6.52. The molecule has 2 aliphatic rings. The van der Waals surface area contributed by atoms with Gasteiger partial charge in [-0.15, -0.1) is 0 Å². The lowest BCUT2D eigenvalue weighted by Crippen LogP contribution is -2.41. The fourth-order valence-electron chi connectivity index (χ4n) is 4.95. The van der Waals surface area contributed by atoms with Crippen molar-refractivity contribution in [3.8, 4) is 5.69 Å². The van der Waals surface area contributed by atoms with E-state index < -0.39 is 0 Å². The Morgan fingerprint density at radius 1 is 1.03 bits per heavy atom. The molecule has 6 nitrogen and oxygen atoms in total. The first-order chi connectivity index (χ1) is 15.0. The number of amides is 2. The smallest absolute Gasteiger partial charge is 0.273 e. The van der Waals surface area contributed by atoms with Crippen LogP contribution in [-0.4, -0.2) is 50.5 Å². The van der Waals surface area contributed by atoms with E-state index in [9.17, 15) is 9.59 Å². The van der Waals surface area contributed by atoms with Gasteiger partial charge in [-0.3, -0.25) is 9.59 Å². The van der Waals surface area contributed by atoms with Gasteiger partial charge in [0.2, 0.25) is 0 Å². The Kier molecular flexibility index (Phi) is 4.65. The molecule has 1 aromatic heterocycles. The number of rotatable bonds is 3. The molecule has 0 N–H and O–H groups in total. The maximum Gasteiger partial charge on any atom is 0.273 e. The van der Waals surface area contributed by atoms with E-state index in [1.54, 1.807) is 4.68 Å². The first-order valence-corrected chi connectivity index (χ1v) is 10.8. The normalized spacial score (nSPS) is 20.4. The highest BCUT2D eigenvalue weighted by molar-refractivity contribution is 5.99. The lowest BCUT2D eigenvalue weighted by Gasteiger charge is -2.29. The highest BCUT2D eigenvalue weighted by atomic mass is 16.2. The summed E-state index contributed by atoms with van der Waals surface area (Å²) in [5, 5.41) is 4.66. The number of fused-ring (bicyclic) bond motifs is 1. The molecule has 3 heterocycles. The van der Waals surface area contributed by atoms with Gasteiger partial charge in [0.1, 0.15) is 5.69 Å². The van der Waals surface area contributed by atoms with Gasteiger partial charge in [0.15, 0.2) is 0 Å². The minimum absolute atomic E-state index is 0.00147. The molecule has 2 aliphatic heterocycles. The molecule has 2 unspecified atom stereocenters. The molecule has 2 aromatic carbocycles. The Hall–Kier alpha value is -3.41. The number of aryl methyl sites for hydroxylation is 2. The summed E-state index contributed by atoms with van der Waals surface area (Å²) in [6.07, 6.45) is 0.787. The highest BCUT2D eigenvalue weighted by Gasteiger charge is 2.45. The lowest BCUT2D eigenvalue weighted by molar-refractivity contribution is 0.0618. The van der Waals surface area contributed by atoms with Crippen LogP contribution in [-0.2, 0) is 0 Å².